The van der Waals surface area contributed by atoms with E-state index >= 15 is 0 Å². The molecular weight excluding hydrogens is 250 g/mol. The van der Waals surface area contributed by atoms with Gasteiger partial charge in [-0.1, -0.05) is 12.1 Å². The van der Waals surface area contributed by atoms with Crippen LogP contribution in [-0.2, 0) is 9.59 Å². The van der Waals surface area contributed by atoms with E-state index in [-0.39, 0.29) is 11.1 Å². The third-order valence-electron chi connectivity index (χ3n) is 2.86. The number of carbonyl (C=O) groups excluding carboxylic acids is 4. The molecule has 7 nitrogen and oxygen atoms in total. The molecule has 0 aromatic heterocycles. The van der Waals surface area contributed by atoms with Gasteiger partial charge in [-0.3, -0.25) is 24.1 Å². The molecule has 2 rings (SSSR count). The van der Waals surface area contributed by atoms with Gasteiger partial charge < -0.3 is 11.5 Å². The van der Waals surface area contributed by atoms with Gasteiger partial charge in [-0.25, -0.2) is 0 Å². The Bertz CT molecular complexity index is 561. The maximum absolute atomic E-state index is 12.1. The van der Waals surface area contributed by atoms with Crippen LogP contribution < -0.4 is 11.5 Å². The Balaban J connectivity index is 2.42. The first kappa shape index (κ1) is 12.7. The molecule has 4 N–H and O–H groups in total. The zero-order valence-corrected chi connectivity index (χ0v) is 9.83. The van der Waals surface area contributed by atoms with Crippen LogP contribution >= 0.6 is 0 Å². The molecule has 0 aliphatic carbocycles. The van der Waals surface area contributed by atoms with Crippen molar-refractivity contribution in [2.45, 2.75) is 12.5 Å². The van der Waals surface area contributed by atoms with Crippen LogP contribution in [0.15, 0.2) is 24.3 Å². The number of benzene rings is 1. The van der Waals surface area contributed by atoms with E-state index in [0.717, 1.165) is 0 Å². The topological polar surface area (TPSA) is 124 Å². The molecule has 0 saturated heterocycles. The molecule has 1 heterocycles. The molecule has 19 heavy (non-hydrogen) atoms. The lowest BCUT2D eigenvalue weighted by Crippen LogP contribution is -2.49. The molecule has 1 atom stereocenters. The fourth-order valence-corrected chi connectivity index (χ4v) is 2.00. The largest absolute Gasteiger partial charge is 0.370 e. The number of nitrogens with zero attached hydrogens (tertiary/aromatic N) is 1. The minimum absolute atomic E-state index is 0.184. The fourth-order valence-electron chi connectivity index (χ4n) is 2.00. The Hall–Kier alpha value is -2.70. The van der Waals surface area contributed by atoms with E-state index in [2.05, 4.69) is 0 Å². The molecule has 1 aliphatic heterocycles. The molecule has 0 bridgehead atoms. The summed E-state index contributed by atoms with van der Waals surface area (Å²) >= 11 is 0. The van der Waals surface area contributed by atoms with Crippen LogP contribution in [0.5, 0.6) is 0 Å². The summed E-state index contributed by atoms with van der Waals surface area (Å²) in [7, 11) is 0. The van der Waals surface area contributed by atoms with Gasteiger partial charge in [0.2, 0.25) is 11.8 Å². The lowest BCUT2D eigenvalue weighted by atomic mass is 10.1. The zero-order chi connectivity index (χ0) is 14.2. The predicted octanol–water partition coefficient (Wildman–Crippen LogP) is -0.988. The number of nitrogens with two attached hydrogens (primary N) is 2. The lowest BCUT2D eigenvalue weighted by molar-refractivity contribution is -0.126. The minimum atomic E-state index is -1.36. The van der Waals surface area contributed by atoms with Crippen molar-refractivity contribution in [3.05, 3.63) is 35.4 Å². The van der Waals surface area contributed by atoms with Crippen molar-refractivity contribution in [2.24, 2.45) is 11.5 Å². The third kappa shape index (κ3) is 2.05. The molecule has 98 valence electrons. The number of hydrogen-bond donors (Lipinski definition) is 2. The van der Waals surface area contributed by atoms with E-state index in [1.807, 2.05) is 0 Å². The second kappa shape index (κ2) is 4.52. The quantitative estimate of drug-likeness (QED) is 0.675. The van der Waals surface area contributed by atoms with Crippen LogP contribution in [0.4, 0.5) is 0 Å². The van der Waals surface area contributed by atoms with Gasteiger partial charge in [-0.15, -0.1) is 0 Å². The van der Waals surface area contributed by atoms with Crippen LogP contribution in [0, 0.1) is 0 Å². The van der Waals surface area contributed by atoms with Gasteiger partial charge in [0.15, 0.2) is 0 Å². The van der Waals surface area contributed by atoms with Crippen molar-refractivity contribution < 1.29 is 19.2 Å². The highest BCUT2D eigenvalue weighted by atomic mass is 16.2. The molecule has 0 fully saturated rings. The van der Waals surface area contributed by atoms with Crippen molar-refractivity contribution in [3.8, 4) is 0 Å². The number of carbonyl (C=O) groups is 4. The van der Waals surface area contributed by atoms with Gasteiger partial charge in [-0.05, 0) is 12.1 Å². The van der Waals surface area contributed by atoms with Gasteiger partial charge in [0.1, 0.15) is 6.04 Å². The number of rotatable bonds is 4. The van der Waals surface area contributed by atoms with Crippen molar-refractivity contribution in [1.82, 2.24) is 4.90 Å². The molecule has 7 heteroatoms. The van der Waals surface area contributed by atoms with Crippen molar-refractivity contribution >= 4 is 23.6 Å². The Kier molecular flexibility index (Phi) is 3.04. The second-order valence-corrected chi connectivity index (χ2v) is 4.11. The molecule has 1 aromatic carbocycles. The highest BCUT2D eigenvalue weighted by molar-refractivity contribution is 6.23. The van der Waals surface area contributed by atoms with Gasteiger partial charge in [0.05, 0.1) is 17.5 Å². The number of hydrogen-bond acceptors (Lipinski definition) is 4. The van der Waals surface area contributed by atoms with E-state index in [1.165, 1.54) is 12.1 Å². The van der Waals surface area contributed by atoms with Gasteiger partial charge >= 0.3 is 0 Å². The lowest BCUT2D eigenvalue weighted by Gasteiger charge is -2.21. The molecule has 4 amide bonds. The molecule has 0 saturated carbocycles. The van der Waals surface area contributed by atoms with E-state index in [9.17, 15) is 19.2 Å². The normalized spacial score (nSPS) is 15.3. The van der Waals surface area contributed by atoms with E-state index in [0.29, 0.717) is 4.90 Å². The first-order valence-electron chi connectivity index (χ1n) is 5.48. The summed E-state index contributed by atoms with van der Waals surface area (Å²) in [5, 5.41) is 0. The van der Waals surface area contributed by atoms with Gasteiger partial charge in [0, 0.05) is 0 Å². The summed E-state index contributed by atoms with van der Waals surface area (Å²) in [5.74, 6) is -3.06. The number of amides is 4. The van der Waals surface area contributed by atoms with Crippen LogP contribution in [0.3, 0.4) is 0 Å². The summed E-state index contributed by atoms with van der Waals surface area (Å²) in [4.78, 5) is 47.1. The molecule has 0 radical (unpaired) electrons. The van der Waals surface area contributed by atoms with Crippen molar-refractivity contribution in [3.63, 3.8) is 0 Å². The summed E-state index contributed by atoms with van der Waals surface area (Å²) in [6, 6.07) is 4.78. The van der Waals surface area contributed by atoms with Crippen molar-refractivity contribution in [2.75, 3.05) is 0 Å². The molecule has 0 spiro atoms. The molecule has 1 aromatic rings. The Labute approximate surface area is 108 Å². The van der Waals surface area contributed by atoms with Crippen LogP contribution in [0.25, 0.3) is 0 Å². The molecule has 1 unspecified atom stereocenters. The number of primary amides is 2. The highest BCUT2D eigenvalue weighted by Gasteiger charge is 2.42. The fraction of sp³-hybridized carbons (Fsp3) is 0.167. The summed E-state index contributed by atoms with van der Waals surface area (Å²) in [5.41, 5.74) is 10.5. The predicted molar refractivity (Wildman–Crippen MR) is 63.7 cm³/mol. The van der Waals surface area contributed by atoms with Gasteiger partial charge in [0.25, 0.3) is 11.8 Å². The number of fused-ring (bicyclic) bond motifs is 1. The van der Waals surface area contributed by atoms with Gasteiger partial charge in [-0.2, -0.15) is 0 Å². The maximum atomic E-state index is 12.1. The maximum Gasteiger partial charge on any atom is 0.262 e. The molecule has 1 aliphatic rings. The average Bonchev–Trinajstić information content (AvgIpc) is 2.60. The van der Waals surface area contributed by atoms with Crippen LogP contribution in [-0.4, -0.2) is 34.6 Å². The van der Waals surface area contributed by atoms with Crippen LogP contribution in [0.1, 0.15) is 27.1 Å². The summed E-state index contributed by atoms with van der Waals surface area (Å²) < 4.78 is 0. The first-order valence-corrected chi connectivity index (χ1v) is 5.48. The first-order chi connectivity index (χ1) is 8.93. The Morgan fingerprint density at radius 2 is 1.53 bits per heavy atom. The Morgan fingerprint density at radius 3 is 1.89 bits per heavy atom. The van der Waals surface area contributed by atoms with E-state index < -0.39 is 36.1 Å². The summed E-state index contributed by atoms with van der Waals surface area (Å²) in [6.45, 7) is 0. The molecular formula is C12H11N3O4. The third-order valence-corrected chi connectivity index (χ3v) is 2.86. The highest BCUT2D eigenvalue weighted by Crippen LogP contribution is 2.25. The zero-order valence-electron chi connectivity index (χ0n) is 9.83. The SMILES string of the molecule is NC(=O)CC(C(N)=O)N1C(=O)c2ccccc2C1=O. The Morgan fingerprint density at radius 1 is 1.05 bits per heavy atom. The van der Waals surface area contributed by atoms with E-state index in [1.54, 1.807) is 12.1 Å². The number of imide groups is 1. The monoisotopic (exact) mass is 261 g/mol. The average molecular weight is 261 g/mol. The smallest absolute Gasteiger partial charge is 0.262 e. The minimum Gasteiger partial charge on any atom is -0.370 e. The van der Waals surface area contributed by atoms with Crippen molar-refractivity contribution in [1.29, 1.82) is 0 Å². The van der Waals surface area contributed by atoms with Crippen LogP contribution in [0.2, 0.25) is 0 Å². The second-order valence-electron chi connectivity index (χ2n) is 4.11. The summed E-state index contributed by atoms with van der Waals surface area (Å²) in [6.07, 6.45) is -0.485. The standard InChI is InChI=1S/C12H11N3O4/c13-9(16)5-8(10(14)17)15-11(18)6-3-1-2-4-7(6)12(15)19/h1-4,8H,5H2,(H2,13,16)(H2,14,17). The van der Waals surface area contributed by atoms with E-state index in [4.69, 9.17) is 11.5 Å².